The molecule has 0 saturated carbocycles. The second kappa shape index (κ2) is 6.23. The lowest BCUT2D eigenvalue weighted by atomic mass is 10.1. The lowest BCUT2D eigenvalue weighted by Crippen LogP contribution is -2.08. The number of nitrogens with two attached hydrogens (primary N) is 2. The van der Waals surface area contributed by atoms with E-state index in [-0.39, 0.29) is 0 Å². The van der Waals surface area contributed by atoms with Crippen molar-refractivity contribution in [2.75, 3.05) is 11.5 Å². The first-order chi connectivity index (χ1) is 11.1. The minimum atomic E-state index is -0.412. The standard InChI is InChI=1S/C19H16N2O2/c20-16-7-1-13(2-8-16)14-5-11-18(12-6-14)23-19(22)15-3-9-17(21)10-4-15/h1-12H,20-21H2. The number of benzene rings is 3. The Kier molecular flexibility index (Phi) is 3.97. The molecule has 4 heteroatoms. The van der Waals surface area contributed by atoms with Crippen LogP contribution >= 0.6 is 0 Å². The average molecular weight is 304 g/mol. The number of carbonyl (C=O) groups is 1. The van der Waals surface area contributed by atoms with Gasteiger partial charge in [0.25, 0.3) is 0 Å². The highest BCUT2D eigenvalue weighted by Gasteiger charge is 2.08. The number of rotatable bonds is 3. The molecule has 0 atom stereocenters. The summed E-state index contributed by atoms with van der Waals surface area (Å²) in [5.74, 6) is 0.0799. The van der Waals surface area contributed by atoms with Gasteiger partial charge in [0.05, 0.1) is 5.56 Å². The van der Waals surface area contributed by atoms with Crippen molar-refractivity contribution in [3.63, 3.8) is 0 Å². The summed E-state index contributed by atoms with van der Waals surface area (Å²) in [6.45, 7) is 0. The van der Waals surface area contributed by atoms with E-state index >= 15 is 0 Å². The van der Waals surface area contributed by atoms with E-state index in [9.17, 15) is 4.79 Å². The van der Waals surface area contributed by atoms with Crippen LogP contribution in [0.1, 0.15) is 10.4 Å². The monoisotopic (exact) mass is 304 g/mol. The van der Waals surface area contributed by atoms with E-state index < -0.39 is 5.97 Å². The van der Waals surface area contributed by atoms with Gasteiger partial charge in [0.15, 0.2) is 0 Å². The van der Waals surface area contributed by atoms with Crippen LogP contribution in [0.5, 0.6) is 5.75 Å². The van der Waals surface area contributed by atoms with E-state index in [0.717, 1.165) is 16.8 Å². The predicted octanol–water partition coefficient (Wildman–Crippen LogP) is 3.74. The molecular formula is C19H16N2O2. The Morgan fingerprint density at radius 2 is 1.09 bits per heavy atom. The van der Waals surface area contributed by atoms with Crippen molar-refractivity contribution < 1.29 is 9.53 Å². The molecule has 23 heavy (non-hydrogen) atoms. The van der Waals surface area contributed by atoms with Gasteiger partial charge in [-0.25, -0.2) is 4.79 Å². The summed E-state index contributed by atoms with van der Waals surface area (Å²) in [7, 11) is 0. The molecule has 0 saturated heterocycles. The summed E-state index contributed by atoms with van der Waals surface area (Å²) < 4.78 is 5.35. The van der Waals surface area contributed by atoms with Crippen LogP contribution in [-0.2, 0) is 0 Å². The molecule has 114 valence electrons. The van der Waals surface area contributed by atoms with Crippen molar-refractivity contribution in [1.82, 2.24) is 0 Å². The Morgan fingerprint density at radius 1 is 0.652 bits per heavy atom. The molecule has 0 aliphatic carbocycles. The number of ether oxygens (including phenoxy) is 1. The highest BCUT2D eigenvalue weighted by Crippen LogP contribution is 2.23. The highest BCUT2D eigenvalue weighted by molar-refractivity contribution is 5.91. The number of hydrogen-bond acceptors (Lipinski definition) is 4. The first-order valence-electron chi connectivity index (χ1n) is 7.15. The molecule has 0 aliphatic rings. The van der Waals surface area contributed by atoms with Crippen LogP contribution in [0, 0.1) is 0 Å². The summed E-state index contributed by atoms with van der Waals surface area (Å²) in [6, 6.07) is 21.5. The fraction of sp³-hybridized carbons (Fsp3) is 0. The normalized spacial score (nSPS) is 10.3. The zero-order valence-electron chi connectivity index (χ0n) is 12.4. The predicted molar refractivity (Wildman–Crippen MR) is 92.1 cm³/mol. The summed E-state index contributed by atoms with van der Waals surface area (Å²) in [5.41, 5.74) is 15.2. The first-order valence-corrected chi connectivity index (χ1v) is 7.15. The molecular weight excluding hydrogens is 288 g/mol. The summed E-state index contributed by atoms with van der Waals surface area (Å²) in [6.07, 6.45) is 0. The molecule has 0 spiro atoms. The average Bonchev–Trinajstić information content (AvgIpc) is 2.57. The van der Waals surface area contributed by atoms with Crippen LogP contribution in [0.15, 0.2) is 72.8 Å². The fourth-order valence-corrected chi connectivity index (χ4v) is 2.18. The topological polar surface area (TPSA) is 78.3 Å². The summed E-state index contributed by atoms with van der Waals surface area (Å²) in [5, 5.41) is 0. The Labute approximate surface area is 134 Å². The van der Waals surface area contributed by atoms with Crippen molar-refractivity contribution in [3.05, 3.63) is 78.4 Å². The number of hydrogen-bond donors (Lipinski definition) is 2. The third-order valence-corrected chi connectivity index (χ3v) is 3.46. The van der Waals surface area contributed by atoms with E-state index in [0.29, 0.717) is 17.0 Å². The van der Waals surface area contributed by atoms with Crippen LogP contribution in [0.25, 0.3) is 11.1 Å². The third kappa shape index (κ3) is 3.49. The maximum Gasteiger partial charge on any atom is 0.343 e. The van der Waals surface area contributed by atoms with Crippen LogP contribution in [0.3, 0.4) is 0 Å². The SMILES string of the molecule is Nc1ccc(C(=O)Oc2ccc(-c3ccc(N)cc3)cc2)cc1. The minimum absolute atomic E-state index is 0.412. The summed E-state index contributed by atoms with van der Waals surface area (Å²) >= 11 is 0. The van der Waals surface area contributed by atoms with Crippen LogP contribution in [0.2, 0.25) is 0 Å². The summed E-state index contributed by atoms with van der Waals surface area (Å²) in [4.78, 5) is 12.0. The van der Waals surface area contributed by atoms with Gasteiger partial charge in [-0.1, -0.05) is 24.3 Å². The van der Waals surface area contributed by atoms with Gasteiger partial charge in [-0.3, -0.25) is 0 Å². The van der Waals surface area contributed by atoms with E-state index in [4.69, 9.17) is 16.2 Å². The van der Waals surface area contributed by atoms with Crippen molar-refractivity contribution in [1.29, 1.82) is 0 Å². The third-order valence-electron chi connectivity index (χ3n) is 3.46. The number of esters is 1. The van der Waals surface area contributed by atoms with Gasteiger partial charge in [-0.2, -0.15) is 0 Å². The number of nitrogen functional groups attached to an aromatic ring is 2. The van der Waals surface area contributed by atoms with Gasteiger partial charge < -0.3 is 16.2 Å². The second-order valence-electron chi connectivity index (χ2n) is 5.16. The smallest absolute Gasteiger partial charge is 0.343 e. The van der Waals surface area contributed by atoms with Gasteiger partial charge in [-0.05, 0) is 59.7 Å². The second-order valence-corrected chi connectivity index (χ2v) is 5.16. The zero-order chi connectivity index (χ0) is 16.2. The lowest BCUT2D eigenvalue weighted by Gasteiger charge is -2.06. The minimum Gasteiger partial charge on any atom is -0.423 e. The molecule has 0 aliphatic heterocycles. The van der Waals surface area contributed by atoms with Crippen LogP contribution in [-0.4, -0.2) is 5.97 Å². The lowest BCUT2D eigenvalue weighted by molar-refractivity contribution is 0.0735. The quantitative estimate of drug-likeness (QED) is 0.439. The molecule has 0 radical (unpaired) electrons. The molecule has 3 rings (SSSR count). The molecule has 0 heterocycles. The molecule has 3 aromatic rings. The Balaban J connectivity index is 1.73. The van der Waals surface area contributed by atoms with E-state index in [1.807, 2.05) is 36.4 Å². The molecule has 0 aromatic heterocycles. The van der Waals surface area contributed by atoms with Gasteiger partial charge in [0.2, 0.25) is 0 Å². The van der Waals surface area contributed by atoms with Gasteiger partial charge in [-0.15, -0.1) is 0 Å². The molecule has 0 amide bonds. The van der Waals surface area contributed by atoms with E-state index in [1.54, 1.807) is 36.4 Å². The Bertz CT molecular complexity index is 807. The molecule has 0 fully saturated rings. The van der Waals surface area contributed by atoms with E-state index in [2.05, 4.69) is 0 Å². The van der Waals surface area contributed by atoms with E-state index in [1.165, 1.54) is 0 Å². The molecule has 0 bridgehead atoms. The first kappa shape index (κ1) is 14.7. The maximum absolute atomic E-state index is 12.0. The van der Waals surface area contributed by atoms with Gasteiger partial charge >= 0.3 is 5.97 Å². The maximum atomic E-state index is 12.0. The molecule has 3 aromatic carbocycles. The fourth-order valence-electron chi connectivity index (χ4n) is 2.18. The van der Waals surface area contributed by atoms with Gasteiger partial charge in [0.1, 0.15) is 5.75 Å². The molecule has 0 unspecified atom stereocenters. The van der Waals surface area contributed by atoms with Gasteiger partial charge in [0, 0.05) is 11.4 Å². The zero-order valence-corrected chi connectivity index (χ0v) is 12.4. The van der Waals surface area contributed by atoms with Crippen molar-refractivity contribution >= 4 is 17.3 Å². The largest absolute Gasteiger partial charge is 0.423 e. The highest BCUT2D eigenvalue weighted by atomic mass is 16.5. The van der Waals surface area contributed by atoms with Crippen molar-refractivity contribution in [3.8, 4) is 16.9 Å². The Morgan fingerprint density at radius 3 is 1.61 bits per heavy atom. The molecule has 4 nitrogen and oxygen atoms in total. The van der Waals surface area contributed by atoms with Crippen LogP contribution in [0.4, 0.5) is 11.4 Å². The number of carbonyl (C=O) groups excluding carboxylic acids is 1. The van der Waals surface area contributed by atoms with Crippen molar-refractivity contribution in [2.45, 2.75) is 0 Å². The number of anilines is 2. The molecule has 4 N–H and O–H groups in total. The van der Waals surface area contributed by atoms with Crippen LogP contribution < -0.4 is 16.2 Å². The Hall–Kier alpha value is -3.27. The van der Waals surface area contributed by atoms with Crippen molar-refractivity contribution in [2.24, 2.45) is 0 Å².